The summed E-state index contributed by atoms with van der Waals surface area (Å²) in [5.41, 5.74) is 1.83. The maximum atomic E-state index is 11.8. The molecule has 0 bridgehead atoms. The van der Waals surface area contributed by atoms with Crippen LogP contribution in [0.5, 0.6) is 5.75 Å². The normalized spacial score (nSPS) is 10.7. The number of para-hydroxylation sites is 1. The Hall–Kier alpha value is -2.45. The molecule has 1 amide bonds. The lowest BCUT2D eigenvalue weighted by atomic mass is 10.2. The third-order valence-electron chi connectivity index (χ3n) is 3.89. The van der Waals surface area contributed by atoms with Crippen molar-refractivity contribution < 1.29 is 14.7 Å². The van der Waals surface area contributed by atoms with E-state index in [2.05, 4.69) is 10.3 Å². The van der Waals surface area contributed by atoms with Gasteiger partial charge in [-0.3, -0.25) is 15.0 Å². The molecule has 0 saturated heterocycles. The lowest BCUT2D eigenvalue weighted by Gasteiger charge is -2.09. The van der Waals surface area contributed by atoms with Gasteiger partial charge >= 0.3 is 0 Å². The van der Waals surface area contributed by atoms with E-state index in [1.165, 1.54) is 18.4 Å². The number of nitrogens with one attached hydrogen (secondary N) is 1. The maximum absolute atomic E-state index is 11.8. The third kappa shape index (κ3) is 5.30. The largest absolute Gasteiger partial charge is 0.491 e. The number of aromatic nitrogens is 1. The van der Waals surface area contributed by atoms with E-state index in [0.717, 1.165) is 16.1 Å². The second kappa shape index (κ2) is 9.66. The van der Waals surface area contributed by atoms with Crippen molar-refractivity contribution in [3.8, 4) is 16.3 Å². The Labute approximate surface area is 172 Å². The van der Waals surface area contributed by atoms with Gasteiger partial charge in [0.15, 0.2) is 0 Å². The van der Waals surface area contributed by atoms with Crippen LogP contribution in [0.15, 0.2) is 54.7 Å². The molecule has 0 aliphatic heterocycles. The molecule has 2 aromatic heterocycles. The number of carbonyl (C=O) groups excluding carboxylic acids is 1. The zero-order valence-corrected chi connectivity index (χ0v) is 16.8. The van der Waals surface area contributed by atoms with Gasteiger partial charge in [0.2, 0.25) is 0 Å². The van der Waals surface area contributed by atoms with E-state index in [9.17, 15) is 10.0 Å². The number of hydroxylamine groups is 2. The van der Waals surface area contributed by atoms with Gasteiger partial charge in [-0.1, -0.05) is 29.8 Å². The molecule has 146 valence electrons. The van der Waals surface area contributed by atoms with Crippen LogP contribution in [0.25, 0.3) is 10.6 Å². The number of benzene rings is 1. The summed E-state index contributed by atoms with van der Waals surface area (Å²) in [4.78, 5) is 17.6. The first-order valence-corrected chi connectivity index (χ1v) is 9.84. The van der Waals surface area contributed by atoms with Crippen molar-refractivity contribution in [2.75, 3.05) is 20.2 Å². The topological polar surface area (TPSA) is 74.7 Å². The van der Waals surface area contributed by atoms with Gasteiger partial charge in [-0.15, -0.1) is 11.3 Å². The van der Waals surface area contributed by atoms with E-state index in [-0.39, 0.29) is 0 Å². The Morgan fingerprint density at radius 1 is 1.25 bits per heavy atom. The number of nitrogens with zero attached hydrogens (tertiary/aromatic N) is 2. The minimum Gasteiger partial charge on any atom is -0.491 e. The lowest BCUT2D eigenvalue weighted by molar-refractivity contribution is -0.0370. The molecule has 3 rings (SSSR count). The predicted octanol–water partition coefficient (Wildman–Crippen LogP) is 4.09. The number of rotatable bonds is 8. The first-order chi connectivity index (χ1) is 13.5. The Balaban J connectivity index is 1.47. The molecule has 3 aromatic rings. The summed E-state index contributed by atoms with van der Waals surface area (Å²) in [5.74, 6) is 0.245. The van der Waals surface area contributed by atoms with Gasteiger partial charge in [0.05, 0.1) is 20.5 Å². The van der Waals surface area contributed by atoms with Crippen LogP contribution in [0.4, 0.5) is 0 Å². The summed E-state index contributed by atoms with van der Waals surface area (Å²) in [5, 5.41) is 13.7. The highest BCUT2D eigenvalue weighted by molar-refractivity contribution is 7.17. The highest BCUT2D eigenvalue weighted by Crippen LogP contribution is 2.27. The Morgan fingerprint density at radius 2 is 2.07 bits per heavy atom. The van der Waals surface area contributed by atoms with Gasteiger partial charge in [-0.25, -0.2) is 5.06 Å². The quantitative estimate of drug-likeness (QED) is 0.328. The van der Waals surface area contributed by atoms with Gasteiger partial charge < -0.3 is 10.1 Å². The monoisotopic (exact) mass is 417 g/mol. The summed E-state index contributed by atoms with van der Waals surface area (Å²) < 4.78 is 5.63. The number of thiophene rings is 1. The first-order valence-electron chi connectivity index (χ1n) is 8.64. The number of ether oxygens (including phenoxy) is 1. The van der Waals surface area contributed by atoms with Crippen LogP contribution in [0.2, 0.25) is 5.02 Å². The fourth-order valence-corrected chi connectivity index (χ4v) is 3.60. The number of carbonyl (C=O) groups is 1. The first kappa shape index (κ1) is 20.3. The molecule has 2 N–H and O–H groups in total. The van der Waals surface area contributed by atoms with E-state index in [1.54, 1.807) is 18.3 Å². The number of halogens is 1. The predicted molar refractivity (Wildman–Crippen MR) is 110 cm³/mol. The number of amides is 1. The van der Waals surface area contributed by atoms with E-state index < -0.39 is 5.91 Å². The molecular weight excluding hydrogens is 398 g/mol. The maximum Gasteiger partial charge on any atom is 0.287 e. The molecule has 0 aliphatic rings. The molecule has 28 heavy (non-hydrogen) atoms. The molecule has 1 aromatic carbocycles. The zero-order valence-electron chi connectivity index (χ0n) is 15.3. The van der Waals surface area contributed by atoms with Crippen molar-refractivity contribution in [2.45, 2.75) is 6.54 Å². The van der Waals surface area contributed by atoms with Gasteiger partial charge in [0, 0.05) is 26.3 Å². The van der Waals surface area contributed by atoms with Crippen LogP contribution in [-0.4, -0.2) is 41.4 Å². The molecule has 0 fully saturated rings. The number of hydrogen-bond donors (Lipinski definition) is 2. The van der Waals surface area contributed by atoms with Crippen molar-refractivity contribution in [1.82, 2.24) is 15.4 Å². The molecular formula is C20H20ClN3O3S. The minimum absolute atomic E-state index is 0.434. The average Bonchev–Trinajstić information content (AvgIpc) is 3.19. The SMILES string of the molecule is CN(O)C(=O)c1ccc(-c2ccc(CNCCOc3ccccc3Cl)cn2)s1. The second-order valence-corrected chi connectivity index (χ2v) is 7.49. The summed E-state index contributed by atoms with van der Waals surface area (Å²) in [7, 11) is 1.31. The fourth-order valence-electron chi connectivity index (χ4n) is 2.45. The van der Waals surface area contributed by atoms with Crippen molar-refractivity contribution in [1.29, 1.82) is 0 Å². The molecule has 0 radical (unpaired) electrons. The Bertz CT molecular complexity index is 928. The van der Waals surface area contributed by atoms with E-state index in [0.29, 0.717) is 40.4 Å². The summed E-state index contributed by atoms with van der Waals surface area (Å²) >= 11 is 7.34. The van der Waals surface area contributed by atoms with Crippen molar-refractivity contribution in [3.05, 3.63) is 70.2 Å². The van der Waals surface area contributed by atoms with E-state index in [4.69, 9.17) is 16.3 Å². The fraction of sp³-hybridized carbons (Fsp3) is 0.200. The van der Waals surface area contributed by atoms with Crippen LogP contribution in [-0.2, 0) is 6.54 Å². The smallest absolute Gasteiger partial charge is 0.287 e. The zero-order chi connectivity index (χ0) is 19.9. The van der Waals surface area contributed by atoms with Gasteiger partial charge in [0.25, 0.3) is 5.91 Å². The summed E-state index contributed by atoms with van der Waals surface area (Å²) in [6.45, 7) is 1.86. The van der Waals surface area contributed by atoms with Crippen molar-refractivity contribution in [2.24, 2.45) is 0 Å². The molecule has 8 heteroatoms. The molecule has 6 nitrogen and oxygen atoms in total. The van der Waals surface area contributed by atoms with Gasteiger partial charge in [-0.2, -0.15) is 0 Å². The van der Waals surface area contributed by atoms with Crippen LogP contribution in [0.3, 0.4) is 0 Å². The highest BCUT2D eigenvalue weighted by atomic mass is 35.5. The average molecular weight is 418 g/mol. The molecule has 2 heterocycles. The standard InChI is InChI=1S/C20H20ClN3O3S/c1-24(26)20(25)19-9-8-18(28-19)16-7-6-14(13-23-16)12-22-10-11-27-17-5-3-2-4-15(17)21/h2-9,13,22,26H,10-12H2,1H3. The van der Waals surface area contributed by atoms with Gasteiger partial charge in [-0.05, 0) is 35.9 Å². The Morgan fingerprint density at radius 3 is 2.79 bits per heavy atom. The van der Waals surface area contributed by atoms with Gasteiger partial charge in [0.1, 0.15) is 12.4 Å². The molecule has 0 spiro atoms. The lowest BCUT2D eigenvalue weighted by Crippen LogP contribution is -2.21. The van der Waals surface area contributed by atoms with E-state index >= 15 is 0 Å². The second-order valence-electron chi connectivity index (χ2n) is 6.00. The molecule has 0 atom stereocenters. The molecule has 0 aliphatic carbocycles. The number of pyridine rings is 1. The van der Waals surface area contributed by atoms with Crippen molar-refractivity contribution >= 4 is 28.8 Å². The third-order valence-corrected chi connectivity index (χ3v) is 5.30. The summed E-state index contributed by atoms with van der Waals surface area (Å²) in [6, 6.07) is 14.8. The number of hydrogen-bond acceptors (Lipinski definition) is 6. The van der Waals surface area contributed by atoms with Crippen LogP contribution < -0.4 is 10.1 Å². The molecule has 0 unspecified atom stereocenters. The van der Waals surface area contributed by atoms with Crippen LogP contribution >= 0.6 is 22.9 Å². The molecule has 0 saturated carbocycles. The summed E-state index contributed by atoms with van der Waals surface area (Å²) in [6.07, 6.45) is 1.80. The van der Waals surface area contributed by atoms with Crippen LogP contribution in [0, 0.1) is 0 Å². The van der Waals surface area contributed by atoms with Crippen molar-refractivity contribution in [3.63, 3.8) is 0 Å². The Kier molecular flexibility index (Phi) is 7.00. The van der Waals surface area contributed by atoms with Crippen LogP contribution in [0.1, 0.15) is 15.2 Å². The van der Waals surface area contributed by atoms with E-state index in [1.807, 2.05) is 36.4 Å². The highest BCUT2D eigenvalue weighted by Gasteiger charge is 2.13. The minimum atomic E-state index is -0.434.